The number of anilines is 1. The number of hydrogen-bond acceptors (Lipinski definition) is 3. The minimum absolute atomic E-state index is 0.0969. The number of nitrogens with zero attached hydrogens (tertiary/aromatic N) is 2. The average molecular weight is 245 g/mol. The highest BCUT2D eigenvalue weighted by molar-refractivity contribution is 6.32. The molecule has 0 saturated carbocycles. The zero-order chi connectivity index (χ0) is 12.3. The highest BCUT2D eigenvalue weighted by Crippen LogP contribution is 2.14. The van der Waals surface area contributed by atoms with Gasteiger partial charge in [-0.3, -0.25) is 9.48 Å². The summed E-state index contributed by atoms with van der Waals surface area (Å²) in [6.07, 6.45) is 1.54. The van der Waals surface area contributed by atoms with Gasteiger partial charge in [-0.05, 0) is 12.8 Å². The minimum atomic E-state index is -0.0969. The van der Waals surface area contributed by atoms with Gasteiger partial charge in [0, 0.05) is 12.2 Å². The zero-order valence-corrected chi connectivity index (χ0v) is 10.5. The Bertz CT molecular complexity index is 355. The molecule has 0 aliphatic carbocycles. The number of nitrogens with two attached hydrogens (primary N) is 1. The van der Waals surface area contributed by atoms with Gasteiger partial charge in [-0.25, -0.2) is 0 Å². The molecule has 0 bridgehead atoms. The summed E-state index contributed by atoms with van der Waals surface area (Å²) < 4.78 is 1.43. The van der Waals surface area contributed by atoms with E-state index < -0.39 is 0 Å². The molecule has 1 heterocycles. The largest absolute Gasteiger partial charge is 0.381 e. The number of amides is 1. The predicted octanol–water partition coefficient (Wildman–Crippen LogP) is 1.28. The van der Waals surface area contributed by atoms with E-state index in [4.69, 9.17) is 17.3 Å². The fourth-order valence-corrected chi connectivity index (χ4v) is 1.26. The highest BCUT2D eigenvalue weighted by Gasteiger charge is 2.12. The van der Waals surface area contributed by atoms with Crippen molar-refractivity contribution in [3.63, 3.8) is 0 Å². The van der Waals surface area contributed by atoms with Gasteiger partial charge in [0.15, 0.2) is 5.82 Å². The van der Waals surface area contributed by atoms with Gasteiger partial charge in [0.05, 0.1) is 0 Å². The van der Waals surface area contributed by atoms with Gasteiger partial charge in [-0.2, -0.15) is 5.10 Å². The van der Waals surface area contributed by atoms with E-state index in [9.17, 15) is 4.79 Å². The van der Waals surface area contributed by atoms with Crippen LogP contribution in [-0.2, 0) is 11.3 Å². The Kier molecular flexibility index (Phi) is 4.18. The first kappa shape index (κ1) is 12.8. The summed E-state index contributed by atoms with van der Waals surface area (Å²) >= 11 is 5.73. The SMILES string of the molecule is CC(C)C(C)NC(=O)Cn1cc(Cl)c(N)n1. The molecule has 0 aliphatic rings. The molecule has 0 fully saturated rings. The molecule has 0 aliphatic heterocycles. The second kappa shape index (κ2) is 5.21. The molecule has 0 spiro atoms. The fourth-order valence-electron chi connectivity index (χ4n) is 1.11. The molecule has 5 nitrogen and oxygen atoms in total. The van der Waals surface area contributed by atoms with Crippen LogP contribution < -0.4 is 11.1 Å². The number of halogens is 1. The summed E-state index contributed by atoms with van der Waals surface area (Å²) in [5, 5.41) is 7.14. The topological polar surface area (TPSA) is 72.9 Å². The fraction of sp³-hybridized carbons (Fsp3) is 0.600. The maximum absolute atomic E-state index is 11.6. The lowest BCUT2D eigenvalue weighted by Gasteiger charge is -2.17. The van der Waals surface area contributed by atoms with Crippen molar-refractivity contribution in [2.45, 2.75) is 33.4 Å². The van der Waals surface area contributed by atoms with Crippen molar-refractivity contribution in [3.8, 4) is 0 Å². The maximum Gasteiger partial charge on any atom is 0.241 e. The van der Waals surface area contributed by atoms with Crippen LogP contribution in [0.3, 0.4) is 0 Å². The molecule has 6 heteroatoms. The van der Waals surface area contributed by atoms with Crippen molar-refractivity contribution in [3.05, 3.63) is 11.2 Å². The van der Waals surface area contributed by atoms with Crippen LogP contribution in [0.5, 0.6) is 0 Å². The van der Waals surface area contributed by atoms with Crippen LogP contribution in [0.4, 0.5) is 5.82 Å². The van der Waals surface area contributed by atoms with Crippen LogP contribution in [0.25, 0.3) is 0 Å². The first-order chi connectivity index (χ1) is 7.40. The first-order valence-electron chi connectivity index (χ1n) is 5.18. The number of nitrogen functional groups attached to an aromatic ring is 1. The van der Waals surface area contributed by atoms with Crippen molar-refractivity contribution < 1.29 is 4.79 Å². The van der Waals surface area contributed by atoms with Crippen molar-refractivity contribution >= 4 is 23.3 Å². The molecule has 90 valence electrons. The van der Waals surface area contributed by atoms with Gasteiger partial charge in [0.25, 0.3) is 0 Å². The molecule has 1 unspecified atom stereocenters. The van der Waals surface area contributed by atoms with Gasteiger partial charge < -0.3 is 11.1 Å². The van der Waals surface area contributed by atoms with Crippen molar-refractivity contribution in [1.29, 1.82) is 0 Å². The number of hydrogen-bond donors (Lipinski definition) is 2. The molecule has 0 radical (unpaired) electrons. The van der Waals surface area contributed by atoms with Crippen LogP contribution in [0.2, 0.25) is 5.02 Å². The Labute approximate surface area is 99.9 Å². The molecule has 1 aromatic heterocycles. The maximum atomic E-state index is 11.6. The third kappa shape index (κ3) is 3.41. The summed E-state index contributed by atoms with van der Waals surface area (Å²) in [4.78, 5) is 11.6. The van der Waals surface area contributed by atoms with E-state index >= 15 is 0 Å². The number of carbonyl (C=O) groups is 1. The summed E-state index contributed by atoms with van der Waals surface area (Å²) in [7, 11) is 0. The van der Waals surface area contributed by atoms with E-state index in [0.717, 1.165) is 0 Å². The predicted molar refractivity (Wildman–Crippen MR) is 64.1 cm³/mol. The number of carbonyl (C=O) groups excluding carboxylic acids is 1. The Balaban J connectivity index is 2.52. The third-order valence-corrected chi connectivity index (χ3v) is 2.73. The molecule has 0 aromatic carbocycles. The van der Waals surface area contributed by atoms with Crippen LogP contribution in [0.15, 0.2) is 6.20 Å². The summed E-state index contributed by atoms with van der Waals surface area (Å²) in [5.74, 6) is 0.543. The average Bonchev–Trinajstić information content (AvgIpc) is 2.45. The summed E-state index contributed by atoms with van der Waals surface area (Å²) in [6.45, 7) is 6.20. The number of aromatic nitrogens is 2. The Morgan fingerprint density at radius 1 is 1.62 bits per heavy atom. The molecule has 0 saturated heterocycles. The second-order valence-electron chi connectivity index (χ2n) is 4.16. The summed E-state index contributed by atoms with van der Waals surface area (Å²) in [5.41, 5.74) is 5.47. The Morgan fingerprint density at radius 3 is 2.69 bits per heavy atom. The molecule has 1 atom stereocenters. The highest BCUT2D eigenvalue weighted by atomic mass is 35.5. The Hall–Kier alpha value is -1.23. The van der Waals surface area contributed by atoms with Crippen molar-refractivity contribution in [2.75, 3.05) is 5.73 Å². The van der Waals surface area contributed by atoms with Crippen LogP contribution >= 0.6 is 11.6 Å². The normalized spacial score (nSPS) is 12.8. The molecule has 1 amide bonds. The van der Waals surface area contributed by atoms with Gasteiger partial charge in [-0.1, -0.05) is 25.4 Å². The molecule has 3 N–H and O–H groups in total. The van der Waals surface area contributed by atoms with Crippen molar-refractivity contribution in [1.82, 2.24) is 15.1 Å². The Morgan fingerprint density at radius 2 is 2.25 bits per heavy atom. The lowest BCUT2D eigenvalue weighted by atomic mass is 10.1. The number of nitrogens with one attached hydrogen (secondary N) is 1. The smallest absolute Gasteiger partial charge is 0.241 e. The van der Waals surface area contributed by atoms with Crippen molar-refractivity contribution in [2.24, 2.45) is 5.92 Å². The van der Waals surface area contributed by atoms with E-state index in [-0.39, 0.29) is 24.3 Å². The van der Waals surface area contributed by atoms with E-state index in [1.807, 2.05) is 20.8 Å². The van der Waals surface area contributed by atoms with E-state index in [1.54, 1.807) is 0 Å². The van der Waals surface area contributed by atoms with Gasteiger partial charge in [0.1, 0.15) is 11.6 Å². The third-order valence-electron chi connectivity index (χ3n) is 2.44. The monoisotopic (exact) mass is 244 g/mol. The van der Waals surface area contributed by atoms with E-state index in [1.165, 1.54) is 10.9 Å². The number of rotatable bonds is 4. The second-order valence-corrected chi connectivity index (χ2v) is 4.57. The van der Waals surface area contributed by atoms with E-state index in [2.05, 4.69) is 10.4 Å². The van der Waals surface area contributed by atoms with Crippen LogP contribution in [-0.4, -0.2) is 21.7 Å². The molecule has 16 heavy (non-hydrogen) atoms. The van der Waals surface area contributed by atoms with Crippen LogP contribution in [0, 0.1) is 5.92 Å². The molecule has 1 rings (SSSR count). The zero-order valence-electron chi connectivity index (χ0n) is 9.70. The minimum Gasteiger partial charge on any atom is -0.381 e. The van der Waals surface area contributed by atoms with Gasteiger partial charge in [0.2, 0.25) is 5.91 Å². The lowest BCUT2D eigenvalue weighted by molar-refractivity contribution is -0.122. The lowest BCUT2D eigenvalue weighted by Crippen LogP contribution is -2.38. The summed E-state index contributed by atoms with van der Waals surface area (Å²) in [6, 6.07) is 0.135. The quantitative estimate of drug-likeness (QED) is 0.838. The first-order valence-corrected chi connectivity index (χ1v) is 5.55. The molecule has 1 aromatic rings. The van der Waals surface area contributed by atoms with Crippen LogP contribution in [0.1, 0.15) is 20.8 Å². The molecular formula is C10H17ClN4O. The van der Waals surface area contributed by atoms with E-state index in [0.29, 0.717) is 10.9 Å². The standard InChI is InChI=1S/C10H17ClN4O/c1-6(2)7(3)13-9(16)5-15-4-8(11)10(12)14-15/h4,6-7H,5H2,1-3H3,(H2,12,14)(H,13,16). The van der Waals surface area contributed by atoms with Gasteiger partial charge >= 0.3 is 0 Å². The van der Waals surface area contributed by atoms with Gasteiger partial charge in [-0.15, -0.1) is 0 Å². The molecular weight excluding hydrogens is 228 g/mol.